The van der Waals surface area contributed by atoms with Gasteiger partial charge in [0.05, 0.1) is 34.3 Å². The summed E-state index contributed by atoms with van der Waals surface area (Å²) in [5.74, 6) is -2.16. The molecule has 15 heteroatoms. The van der Waals surface area contributed by atoms with Crippen LogP contribution in [0.25, 0.3) is 33.5 Å². The molecule has 0 aliphatic heterocycles. The van der Waals surface area contributed by atoms with Gasteiger partial charge in [-0.1, -0.05) is 11.6 Å². The fraction of sp³-hybridized carbons (Fsp3) is 0.111. The number of carboxylic acids is 1. The summed E-state index contributed by atoms with van der Waals surface area (Å²) >= 11 is 7.71. The van der Waals surface area contributed by atoms with Crippen LogP contribution in [0, 0.1) is 0 Å². The lowest BCUT2D eigenvalue weighted by Crippen LogP contribution is -2.21. The number of imidazole rings is 1. The minimum absolute atomic E-state index is 0.587. The molecule has 0 atom stereocenters. The second kappa shape index (κ2) is 8.63. The Morgan fingerprint density at radius 2 is 2.03 bits per heavy atom. The number of aliphatic carboxylic acids is 1. The monoisotopic (exact) mass is 496 g/mol. The first kappa shape index (κ1) is 22.4. The fourth-order valence-corrected chi connectivity index (χ4v) is 3.64. The van der Waals surface area contributed by atoms with Crippen molar-refractivity contribution in [1.82, 2.24) is 34.1 Å². The van der Waals surface area contributed by atoms with Crippen molar-refractivity contribution >= 4 is 62.0 Å². The van der Waals surface area contributed by atoms with Crippen LogP contribution >= 0.6 is 23.1 Å². The number of nitrogens with zero attached hydrogens (tertiary/aromatic N) is 6. The SMILES string of the molecule is Cn1cnc2c(-c3nsc(Nc4ccc5[nH]ncc5c4Cl)n3)ccnc21.O=C(O)C(F)(F)F. The third-order valence-corrected chi connectivity index (χ3v) is 5.35. The summed E-state index contributed by atoms with van der Waals surface area (Å²) < 4.78 is 38.1. The molecule has 0 fully saturated rings. The van der Waals surface area contributed by atoms with Gasteiger partial charge >= 0.3 is 12.1 Å². The van der Waals surface area contributed by atoms with Crippen LogP contribution in [-0.2, 0) is 11.8 Å². The molecule has 1 aromatic carbocycles. The molecule has 0 saturated carbocycles. The average molecular weight is 497 g/mol. The van der Waals surface area contributed by atoms with E-state index in [2.05, 4.69) is 34.8 Å². The Balaban J connectivity index is 0.000000325. The molecule has 4 heterocycles. The van der Waals surface area contributed by atoms with Gasteiger partial charge in [0.25, 0.3) is 0 Å². The minimum atomic E-state index is -5.08. The van der Waals surface area contributed by atoms with E-state index in [-0.39, 0.29) is 0 Å². The maximum absolute atomic E-state index is 10.6. The summed E-state index contributed by atoms with van der Waals surface area (Å²) in [6, 6.07) is 5.66. The second-order valence-electron chi connectivity index (χ2n) is 6.50. The van der Waals surface area contributed by atoms with Gasteiger partial charge in [0.2, 0.25) is 5.13 Å². The third-order valence-electron chi connectivity index (χ3n) is 4.31. The van der Waals surface area contributed by atoms with Crippen molar-refractivity contribution in [2.24, 2.45) is 7.05 Å². The van der Waals surface area contributed by atoms with Crippen LogP contribution in [0.4, 0.5) is 24.0 Å². The van der Waals surface area contributed by atoms with Crippen LogP contribution < -0.4 is 5.32 Å². The van der Waals surface area contributed by atoms with E-state index >= 15 is 0 Å². The van der Waals surface area contributed by atoms with Gasteiger partial charge in [-0.05, 0) is 18.2 Å². The average Bonchev–Trinajstić information content (AvgIpc) is 3.50. The number of nitrogens with one attached hydrogen (secondary N) is 2. The predicted molar refractivity (Wildman–Crippen MR) is 115 cm³/mol. The van der Waals surface area contributed by atoms with Crippen LogP contribution in [0.2, 0.25) is 5.02 Å². The van der Waals surface area contributed by atoms with E-state index in [4.69, 9.17) is 21.5 Å². The number of halogens is 4. The Morgan fingerprint density at radius 1 is 1.27 bits per heavy atom. The van der Waals surface area contributed by atoms with Gasteiger partial charge in [-0.15, -0.1) is 0 Å². The molecule has 0 aliphatic carbocycles. The molecule has 170 valence electrons. The highest BCUT2D eigenvalue weighted by atomic mass is 35.5. The highest BCUT2D eigenvalue weighted by Gasteiger charge is 2.38. The molecule has 0 saturated heterocycles. The van der Waals surface area contributed by atoms with Gasteiger partial charge in [0.15, 0.2) is 11.5 Å². The lowest BCUT2D eigenvalue weighted by atomic mass is 10.2. The van der Waals surface area contributed by atoms with Crippen molar-refractivity contribution in [3.63, 3.8) is 0 Å². The van der Waals surface area contributed by atoms with Gasteiger partial charge in [0, 0.05) is 30.2 Å². The number of benzene rings is 1. The zero-order chi connectivity index (χ0) is 23.8. The van der Waals surface area contributed by atoms with E-state index in [0.29, 0.717) is 16.0 Å². The quantitative estimate of drug-likeness (QED) is 0.334. The molecule has 5 rings (SSSR count). The second-order valence-corrected chi connectivity index (χ2v) is 7.63. The molecule has 4 aromatic heterocycles. The van der Waals surface area contributed by atoms with E-state index in [1.54, 1.807) is 18.7 Å². The van der Waals surface area contributed by atoms with E-state index in [1.165, 1.54) is 11.5 Å². The summed E-state index contributed by atoms with van der Waals surface area (Å²) in [7, 11) is 1.90. The zero-order valence-corrected chi connectivity index (χ0v) is 18.0. The number of aromatic nitrogens is 7. The van der Waals surface area contributed by atoms with E-state index in [1.807, 2.05) is 29.8 Å². The number of alkyl halides is 3. The van der Waals surface area contributed by atoms with Gasteiger partial charge < -0.3 is 15.0 Å². The molecule has 3 N–H and O–H groups in total. The maximum Gasteiger partial charge on any atom is 0.490 e. The number of anilines is 2. The lowest BCUT2D eigenvalue weighted by molar-refractivity contribution is -0.192. The highest BCUT2D eigenvalue weighted by molar-refractivity contribution is 7.10. The van der Waals surface area contributed by atoms with Gasteiger partial charge in [-0.2, -0.15) is 27.6 Å². The van der Waals surface area contributed by atoms with Crippen molar-refractivity contribution in [2.75, 3.05) is 5.32 Å². The number of aryl methyl sites for hydroxylation is 1. The first-order valence-corrected chi connectivity index (χ1v) is 10.1. The van der Waals surface area contributed by atoms with Crippen LogP contribution in [-0.4, -0.2) is 51.3 Å². The standard InChI is InChI=1S/C16H11ClN8S.C2HF3O2/c1-25-7-19-13-8(4-5-18-15(13)25)14-22-16(26-24-14)21-11-3-2-10-9(12(11)17)6-20-23-10;3-2(4,5)1(6)7/h2-7H,1H3,(H,20,23)(H,21,22,24);(H,6,7). The van der Waals surface area contributed by atoms with E-state index in [9.17, 15) is 13.2 Å². The number of rotatable bonds is 3. The summed E-state index contributed by atoms with van der Waals surface area (Å²) in [4.78, 5) is 22.2. The number of hydrogen-bond acceptors (Lipinski definition) is 8. The fourth-order valence-electron chi connectivity index (χ4n) is 2.79. The topological polar surface area (TPSA) is 134 Å². The molecule has 0 amide bonds. The normalized spacial score (nSPS) is 11.4. The van der Waals surface area contributed by atoms with Crippen LogP contribution in [0.15, 0.2) is 36.9 Å². The predicted octanol–water partition coefficient (Wildman–Crippen LogP) is 4.39. The highest BCUT2D eigenvalue weighted by Crippen LogP contribution is 2.33. The van der Waals surface area contributed by atoms with Crippen LogP contribution in [0.1, 0.15) is 0 Å². The Morgan fingerprint density at radius 3 is 2.76 bits per heavy atom. The third kappa shape index (κ3) is 4.56. The Bertz CT molecular complexity index is 1460. The lowest BCUT2D eigenvalue weighted by Gasteiger charge is -2.05. The molecule has 0 unspecified atom stereocenters. The first-order chi connectivity index (χ1) is 15.6. The largest absolute Gasteiger partial charge is 0.490 e. The number of pyridine rings is 1. The van der Waals surface area contributed by atoms with Crippen molar-refractivity contribution in [1.29, 1.82) is 0 Å². The van der Waals surface area contributed by atoms with Crippen LogP contribution in [0.3, 0.4) is 0 Å². The van der Waals surface area contributed by atoms with Crippen molar-refractivity contribution in [3.8, 4) is 11.4 Å². The first-order valence-electron chi connectivity index (χ1n) is 8.94. The zero-order valence-electron chi connectivity index (χ0n) is 16.4. The molecule has 10 nitrogen and oxygen atoms in total. The summed E-state index contributed by atoms with van der Waals surface area (Å²) in [5, 5.41) is 19.3. The summed E-state index contributed by atoms with van der Waals surface area (Å²) in [6.07, 6.45) is 0.0763. The van der Waals surface area contributed by atoms with Gasteiger partial charge in [-0.3, -0.25) is 5.10 Å². The van der Waals surface area contributed by atoms with Crippen molar-refractivity contribution in [2.45, 2.75) is 6.18 Å². The number of carbonyl (C=O) groups is 1. The molecule has 0 radical (unpaired) electrons. The number of aromatic amines is 1. The maximum atomic E-state index is 10.6. The minimum Gasteiger partial charge on any atom is -0.475 e. The molecule has 5 aromatic rings. The van der Waals surface area contributed by atoms with Gasteiger partial charge in [-0.25, -0.2) is 14.8 Å². The number of carboxylic acid groups (broad SMARTS) is 1. The Labute approximate surface area is 191 Å². The van der Waals surface area contributed by atoms with Crippen LogP contribution in [0.5, 0.6) is 0 Å². The van der Waals surface area contributed by atoms with Gasteiger partial charge in [0.1, 0.15) is 5.52 Å². The number of hydrogen-bond donors (Lipinski definition) is 3. The van der Waals surface area contributed by atoms with Crippen molar-refractivity contribution < 1.29 is 23.1 Å². The number of H-pyrrole nitrogens is 1. The van der Waals surface area contributed by atoms with E-state index < -0.39 is 12.1 Å². The molecule has 0 spiro atoms. The Hall–Kier alpha value is -3.78. The molecule has 0 bridgehead atoms. The number of fused-ring (bicyclic) bond motifs is 2. The van der Waals surface area contributed by atoms with E-state index in [0.717, 1.165) is 33.3 Å². The molecule has 0 aliphatic rings. The Kier molecular flexibility index (Phi) is 5.86. The summed E-state index contributed by atoms with van der Waals surface area (Å²) in [6.45, 7) is 0. The molecular formula is C18H12ClF3N8O2S. The molecule has 33 heavy (non-hydrogen) atoms. The van der Waals surface area contributed by atoms with Crippen molar-refractivity contribution in [3.05, 3.63) is 41.9 Å². The smallest absolute Gasteiger partial charge is 0.475 e. The summed E-state index contributed by atoms with van der Waals surface area (Å²) in [5.41, 5.74) is 4.04. The molecular weight excluding hydrogens is 485 g/mol.